The molecule has 142 valence electrons. The summed E-state index contributed by atoms with van der Waals surface area (Å²) in [5, 5.41) is 4.43. The maximum atomic E-state index is 3.57. The van der Waals surface area contributed by atoms with E-state index in [4.69, 9.17) is 0 Å². The van der Waals surface area contributed by atoms with Crippen LogP contribution in [0, 0.1) is 0 Å². The summed E-state index contributed by atoms with van der Waals surface area (Å²) in [4.78, 5) is 2.46. The second-order valence-electron chi connectivity index (χ2n) is 6.43. The maximum Gasteiger partial charge on any atom is 0.0759 e. The van der Waals surface area contributed by atoms with Gasteiger partial charge in [-0.3, -0.25) is 5.43 Å². The van der Waals surface area contributed by atoms with Gasteiger partial charge in [0.1, 0.15) is 0 Å². The molecule has 1 N–H and O–H groups in total. The minimum absolute atomic E-state index is 0.942. The van der Waals surface area contributed by atoms with Gasteiger partial charge in [0.25, 0.3) is 0 Å². The van der Waals surface area contributed by atoms with Gasteiger partial charge in [0.05, 0.1) is 11.4 Å². The highest BCUT2D eigenvalue weighted by Gasteiger charge is 2.13. The van der Waals surface area contributed by atoms with E-state index in [2.05, 4.69) is 103 Å². The Labute approximate surface area is 159 Å². The number of hydrogen-bond donors (Lipinski definition) is 1. The Bertz CT molecular complexity index is 602. The Hall–Kier alpha value is -2.20. The van der Waals surface area contributed by atoms with Crippen LogP contribution in [0.3, 0.4) is 0 Å². The number of para-hydroxylation sites is 1. The van der Waals surface area contributed by atoms with Crippen LogP contribution in [0.5, 0.6) is 0 Å². The molecule has 0 amide bonds. The lowest BCUT2D eigenvalue weighted by atomic mass is 10.2. The third kappa shape index (κ3) is 5.40. The Balaban J connectivity index is 2.18. The third-order valence-corrected chi connectivity index (χ3v) is 4.47. The predicted octanol–water partition coefficient (Wildman–Crippen LogP) is 5.40. The van der Waals surface area contributed by atoms with Gasteiger partial charge in [-0.2, -0.15) is 0 Å². The monoisotopic (exact) mass is 354 g/mol. The Morgan fingerprint density at radius 2 is 1.27 bits per heavy atom. The molecule has 4 heteroatoms. The van der Waals surface area contributed by atoms with Gasteiger partial charge in [0.2, 0.25) is 0 Å². The third-order valence-electron chi connectivity index (χ3n) is 4.47. The van der Waals surface area contributed by atoms with Gasteiger partial charge in [-0.15, -0.1) is 0 Å². The van der Waals surface area contributed by atoms with Crippen LogP contribution in [0.25, 0.3) is 0 Å². The molecule has 0 saturated carbocycles. The highest BCUT2D eigenvalue weighted by atomic mass is 15.8. The van der Waals surface area contributed by atoms with Crippen molar-refractivity contribution in [1.82, 2.24) is 5.01 Å². The first-order valence-corrected chi connectivity index (χ1v) is 9.95. The standard InChI is InChI=1S/C22H34N4/c1-5-18-24(19-6-2)21-16-14-20(15-17-21)23-26(25(7-3)8-4)22-12-10-9-11-13-22/h9-17,23H,5-8,18-19H2,1-4H3. The van der Waals surface area contributed by atoms with Crippen molar-refractivity contribution in [1.29, 1.82) is 0 Å². The fraction of sp³-hybridized carbons (Fsp3) is 0.455. The van der Waals surface area contributed by atoms with Crippen LogP contribution in [-0.4, -0.2) is 31.2 Å². The summed E-state index contributed by atoms with van der Waals surface area (Å²) in [5.74, 6) is 0. The van der Waals surface area contributed by atoms with E-state index in [0.717, 1.165) is 37.6 Å². The number of hydrazine groups is 2. The van der Waals surface area contributed by atoms with Gasteiger partial charge >= 0.3 is 0 Å². The van der Waals surface area contributed by atoms with Gasteiger partial charge in [0.15, 0.2) is 0 Å². The van der Waals surface area contributed by atoms with Crippen molar-refractivity contribution in [2.24, 2.45) is 0 Å². The minimum atomic E-state index is 0.942. The number of nitrogens with one attached hydrogen (secondary N) is 1. The molecular weight excluding hydrogens is 320 g/mol. The van der Waals surface area contributed by atoms with Crippen LogP contribution in [0.2, 0.25) is 0 Å². The van der Waals surface area contributed by atoms with Crippen LogP contribution in [-0.2, 0) is 0 Å². The van der Waals surface area contributed by atoms with Crippen LogP contribution in [0.1, 0.15) is 40.5 Å². The molecule has 26 heavy (non-hydrogen) atoms. The zero-order valence-corrected chi connectivity index (χ0v) is 16.8. The predicted molar refractivity (Wildman–Crippen MR) is 115 cm³/mol. The lowest BCUT2D eigenvalue weighted by molar-refractivity contribution is 0.292. The largest absolute Gasteiger partial charge is 0.372 e. The van der Waals surface area contributed by atoms with Crippen LogP contribution >= 0.6 is 0 Å². The van der Waals surface area contributed by atoms with Crippen molar-refractivity contribution in [3.63, 3.8) is 0 Å². The SMILES string of the molecule is CCCN(CCC)c1ccc(NN(c2ccccc2)N(CC)CC)cc1. The van der Waals surface area contributed by atoms with Crippen molar-refractivity contribution in [2.75, 3.05) is 41.6 Å². The van der Waals surface area contributed by atoms with Crippen molar-refractivity contribution >= 4 is 17.1 Å². The molecule has 0 bridgehead atoms. The molecule has 0 unspecified atom stereocenters. The summed E-state index contributed by atoms with van der Waals surface area (Å²) in [6.07, 6.45) is 2.34. The number of rotatable bonds is 11. The summed E-state index contributed by atoms with van der Waals surface area (Å²) in [6, 6.07) is 19.2. The molecule has 2 rings (SSSR count). The average Bonchev–Trinajstić information content (AvgIpc) is 2.69. The number of anilines is 3. The Morgan fingerprint density at radius 1 is 0.692 bits per heavy atom. The fourth-order valence-corrected chi connectivity index (χ4v) is 3.15. The van der Waals surface area contributed by atoms with Crippen LogP contribution < -0.4 is 15.4 Å². The zero-order chi connectivity index (χ0) is 18.8. The highest BCUT2D eigenvalue weighted by molar-refractivity contribution is 5.59. The van der Waals surface area contributed by atoms with E-state index in [0.29, 0.717) is 0 Å². The van der Waals surface area contributed by atoms with Crippen LogP contribution in [0.15, 0.2) is 54.6 Å². The van der Waals surface area contributed by atoms with Crippen molar-refractivity contribution in [2.45, 2.75) is 40.5 Å². The average molecular weight is 355 g/mol. The number of nitrogens with zero attached hydrogens (tertiary/aromatic N) is 3. The van der Waals surface area contributed by atoms with Gasteiger partial charge in [0, 0.05) is 31.9 Å². The fourth-order valence-electron chi connectivity index (χ4n) is 3.15. The first-order valence-electron chi connectivity index (χ1n) is 9.95. The smallest absolute Gasteiger partial charge is 0.0759 e. The summed E-state index contributed by atoms with van der Waals surface area (Å²) >= 11 is 0. The second kappa shape index (κ2) is 10.7. The van der Waals surface area contributed by atoms with Crippen LogP contribution in [0.4, 0.5) is 17.1 Å². The van der Waals surface area contributed by atoms with E-state index in [-0.39, 0.29) is 0 Å². The normalized spacial score (nSPS) is 10.8. The first kappa shape index (κ1) is 20.1. The van der Waals surface area contributed by atoms with Gasteiger partial charge in [-0.1, -0.05) is 45.9 Å². The van der Waals surface area contributed by atoms with Gasteiger partial charge in [-0.05, 0) is 49.2 Å². The molecule has 0 atom stereocenters. The van der Waals surface area contributed by atoms with E-state index >= 15 is 0 Å². The van der Waals surface area contributed by atoms with Gasteiger partial charge < -0.3 is 4.90 Å². The molecule has 0 aliphatic heterocycles. The van der Waals surface area contributed by atoms with E-state index < -0.39 is 0 Å². The molecule has 4 nitrogen and oxygen atoms in total. The molecule has 0 saturated heterocycles. The van der Waals surface area contributed by atoms with E-state index in [1.807, 2.05) is 0 Å². The number of benzene rings is 2. The summed E-state index contributed by atoms with van der Waals surface area (Å²) in [6.45, 7) is 12.9. The Kier molecular flexibility index (Phi) is 8.29. The molecule has 0 radical (unpaired) electrons. The topological polar surface area (TPSA) is 21.8 Å². The Morgan fingerprint density at radius 3 is 1.77 bits per heavy atom. The first-order chi connectivity index (χ1) is 12.7. The molecule has 0 heterocycles. The lowest BCUT2D eigenvalue weighted by Crippen LogP contribution is -2.46. The quantitative estimate of drug-likeness (QED) is 0.545. The molecule has 0 aliphatic carbocycles. The lowest BCUT2D eigenvalue weighted by Gasteiger charge is -2.36. The molecule has 0 fully saturated rings. The van der Waals surface area contributed by atoms with E-state index in [9.17, 15) is 0 Å². The zero-order valence-electron chi connectivity index (χ0n) is 16.8. The molecular formula is C22H34N4. The molecule has 2 aromatic carbocycles. The molecule has 0 spiro atoms. The second-order valence-corrected chi connectivity index (χ2v) is 6.43. The number of hydrogen-bond acceptors (Lipinski definition) is 4. The van der Waals surface area contributed by atoms with E-state index in [1.54, 1.807) is 0 Å². The molecule has 0 aliphatic rings. The highest BCUT2D eigenvalue weighted by Crippen LogP contribution is 2.22. The van der Waals surface area contributed by atoms with Crippen molar-refractivity contribution < 1.29 is 0 Å². The minimum Gasteiger partial charge on any atom is -0.372 e. The summed E-state index contributed by atoms with van der Waals surface area (Å²) < 4.78 is 0. The summed E-state index contributed by atoms with van der Waals surface area (Å²) in [5.41, 5.74) is 7.10. The van der Waals surface area contributed by atoms with Gasteiger partial charge in [-0.25, -0.2) is 10.1 Å². The summed E-state index contributed by atoms with van der Waals surface area (Å²) in [7, 11) is 0. The molecule has 2 aromatic rings. The maximum absolute atomic E-state index is 3.57. The molecule has 0 aromatic heterocycles. The van der Waals surface area contributed by atoms with Crippen molar-refractivity contribution in [3.05, 3.63) is 54.6 Å². The van der Waals surface area contributed by atoms with Crippen molar-refractivity contribution in [3.8, 4) is 0 Å². The van der Waals surface area contributed by atoms with E-state index in [1.165, 1.54) is 18.5 Å².